The van der Waals surface area contributed by atoms with Gasteiger partial charge in [0.25, 0.3) is 0 Å². The largest absolute Gasteiger partial charge is 0.481 e. The fraction of sp³-hybridized carbons (Fsp3) is 0.545. The number of furan rings is 1. The zero-order valence-corrected chi connectivity index (χ0v) is 10.6. The van der Waals surface area contributed by atoms with E-state index in [1.807, 2.05) is 13.0 Å². The minimum atomic E-state index is -0.700. The molecule has 2 rings (SSSR count). The normalized spacial score (nSPS) is 26.1. The second-order valence-corrected chi connectivity index (χ2v) is 4.99. The van der Waals surface area contributed by atoms with Crippen LogP contribution in [0.4, 0.5) is 0 Å². The van der Waals surface area contributed by atoms with Crippen LogP contribution in [0.3, 0.4) is 0 Å². The minimum Gasteiger partial charge on any atom is -0.481 e. The van der Waals surface area contributed by atoms with E-state index >= 15 is 0 Å². The Morgan fingerprint density at radius 3 is 3.00 bits per heavy atom. The van der Waals surface area contributed by atoms with Gasteiger partial charge in [0, 0.05) is 6.04 Å². The van der Waals surface area contributed by atoms with Crippen LogP contribution in [-0.4, -0.2) is 28.6 Å². The predicted molar refractivity (Wildman–Crippen MR) is 62.0 cm³/mol. The molecule has 4 nitrogen and oxygen atoms in total. The average molecular weight is 288 g/mol. The number of aliphatic carboxylic acids is 1. The first kappa shape index (κ1) is 11.7. The van der Waals surface area contributed by atoms with Gasteiger partial charge in [0.1, 0.15) is 5.76 Å². The molecule has 1 saturated heterocycles. The smallest absolute Gasteiger partial charge is 0.308 e. The summed E-state index contributed by atoms with van der Waals surface area (Å²) in [5.41, 5.74) is 0. The maximum Gasteiger partial charge on any atom is 0.308 e. The molecule has 0 radical (unpaired) electrons. The van der Waals surface area contributed by atoms with Gasteiger partial charge in [0.2, 0.25) is 0 Å². The van der Waals surface area contributed by atoms with Crippen LogP contribution in [0.2, 0.25) is 0 Å². The molecule has 0 saturated carbocycles. The third kappa shape index (κ3) is 2.15. The number of carboxylic acid groups (broad SMARTS) is 1. The number of nitrogens with zero attached hydrogens (tertiary/aromatic N) is 1. The van der Waals surface area contributed by atoms with Crippen molar-refractivity contribution in [3.63, 3.8) is 0 Å². The zero-order chi connectivity index (χ0) is 11.7. The van der Waals surface area contributed by atoms with Crippen LogP contribution in [-0.2, 0) is 11.3 Å². The van der Waals surface area contributed by atoms with Crippen LogP contribution in [0.1, 0.15) is 19.1 Å². The molecule has 88 valence electrons. The van der Waals surface area contributed by atoms with E-state index in [1.165, 1.54) is 0 Å². The molecule has 2 atom stereocenters. The predicted octanol–water partition coefficient (Wildman–Crippen LogP) is 2.34. The second-order valence-electron chi connectivity index (χ2n) is 4.14. The molecule has 0 spiro atoms. The highest BCUT2D eigenvalue weighted by Crippen LogP contribution is 2.28. The highest BCUT2D eigenvalue weighted by Gasteiger charge is 2.35. The topological polar surface area (TPSA) is 53.7 Å². The lowest BCUT2D eigenvalue weighted by molar-refractivity contribution is -0.142. The Morgan fingerprint density at radius 2 is 2.50 bits per heavy atom. The molecule has 1 aliphatic rings. The van der Waals surface area contributed by atoms with Crippen molar-refractivity contribution in [2.24, 2.45) is 5.92 Å². The van der Waals surface area contributed by atoms with Crippen LogP contribution in [0.5, 0.6) is 0 Å². The molecular formula is C11H14BrNO3. The summed E-state index contributed by atoms with van der Waals surface area (Å²) in [5, 5.41) is 9.02. The van der Waals surface area contributed by atoms with Crippen molar-refractivity contribution >= 4 is 21.9 Å². The number of carbonyl (C=O) groups is 1. The lowest BCUT2D eigenvalue weighted by Crippen LogP contribution is -2.32. The molecule has 0 bridgehead atoms. The highest BCUT2D eigenvalue weighted by atomic mass is 79.9. The van der Waals surface area contributed by atoms with Crippen molar-refractivity contribution in [2.45, 2.75) is 25.9 Å². The third-order valence-electron chi connectivity index (χ3n) is 3.24. The van der Waals surface area contributed by atoms with E-state index in [1.54, 1.807) is 6.26 Å². The van der Waals surface area contributed by atoms with Crippen LogP contribution in [0.15, 0.2) is 21.2 Å². The Balaban J connectivity index is 2.03. The average Bonchev–Trinajstić information content (AvgIpc) is 2.76. The number of hydrogen-bond acceptors (Lipinski definition) is 3. The van der Waals surface area contributed by atoms with Gasteiger partial charge in [-0.15, -0.1) is 0 Å². The summed E-state index contributed by atoms with van der Waals surface area (Å²) in [4.78, 5) is 13.1. The molecule has 16 heavy (non-hydrogen) atoms. The maximum absolute atomic E-state index is 11.0. The van der Waals surface area contributed by atoms with Crippen molar-refractivity contribution < 1.29 is 14.3 Å². The molecule has 0 amide bonds. The lowest BCUT2D eigenvalue weighted by Gasteiger charge is -2.21. The van der Waals surface area contributed by atoms with Gasteiger partial charge in [-0.25, -0.2) is 0 Å². The molecule has 0 aromatic carbocycles. The van der Waals surface area contributed by atoms with Crippen molar-refractivity contribution in [1.82, 2.24) is 4.90 Å². The second kappa shape index (κ2) is 4.59. The summed E-state index contributed by atoms with van der Waals surface area (Å²) >= 11 is 3.40. The maximum atomic E-state index is 11.0. The molecule has 2 heterocycles. The van der Waals surface area contributed by atoms with Crippen molar-refractivity contribution in [1.29, 1.82) is 0 Å². The van der Waals surface area contributed by atoms with E-state index in [2.05, 4.69) is 20.8 Å². The first-order valence-electron chi connectivity index (χ1n) is 5.28. The van der Waals surface area contributed by atoms with Gasteiger partial charge >= 0.3 is 5.97 Å². The Bertz CT molecular complexity index is 390. The standard InChI is InChI=1S/C11H14BrNO3/c1-7-8(11(14)15)2-4-13(7)6-10-9(12)3-5-16-10/h3,5,7-8H,2,4,6H2,1H3,(H,14,15). The fourth-order valence-corrected chi connectivity index (χ4v) is 2.51. The monoisotopic (exact) mass is 287 g/mol. The molecule has 1 N–H and O–H groups in total. The van der Waals surface area contributed by atoms with Crippen LogP contribution >= 0.6 is 15.9 Å². The van der Waals surface area contributed by atoms with Gasteiger partial charge in [-0.05, 0) is 41.9 Å². The fourth-order valence-electron chi connectivity index (χ4n) is 2.18. The molecule has 2 unspecified atom stereocenters. The van der Waals surface area contributed by atoms with Gasteiger partial charge in [0.15, 0.2) is 0 Å². The Labute approximate surface area is 102 Å². The van der Waals surface area contributed by atoms with E-state index in [0.717, 1.165) is 23.2 Å². The molecule has 5 heteroatoms. The van der Waals surface area contributed by atoms with Crippen molar-refractivity contribution in [3.05, 3.63) is 22.6 Å². The summed E-state index contributed by atoms with van der Waals surface area (Å²) in [7, 11) is 0. The minimum absolute atomic E-state index is 0.0644. The SMILES string of the molecule is CC1C(C(=O)O)CCN1Cc1occc1Br. The molecule has 1 aromatic heterocycles. The lowest BCUT2D eigenvalue weighted by atomic mass is 10.0. The molecule has 1 fully saturated rings. The summed E-state index contributed by atoms with van der Waals surface area (Å²) in [5.74, 6) is -0.0971. The number of hydrogen-bond donors (Lipinski definition) is 1. The zero-order valence-electron chi connectivity index (χ0n) is 9.02. The summed E-state index contributed by atoms with van der Waals surface area (Å²) in [6.07, 6.45) is 2.35. The summed E-state index contributed by atoms with van der Waals surface area (Å²) in [6, 6.07) is 1.92. The number of carboxylic acids is 1. The summed E-state index contributed by atoms with van der Waals surface area (Å²) < 4.78 is 6.28. The summed E-state index contributed by atoms with van der Waals surface area (Å²) in [6.45, 7) is 3.44. The van der Waals surface area contributed by atoms with E-state index < -0.39 is 5.97 Å². The van der Waals surface area contributed by atoms with Crippen molar-refractivity contribution in [2.75, 3.05) is 6.54 Å². The van der Waals surface area contributed by atoms with E-state index in [-0.39, 0.29) is 12.0 Å². The first-order chi connectivity index (χ1) is 7.59. The highest BCUT2D eigenvalue weighted by molar-refractivity contribution is 9.10. The quantitative estimate of drug-likeness (QED) is 0.927. The number of rotatable bonds is 3. The number of halogens is 1. The molecule has 1 aliphatic heterocycles. The van der Waals surface area contributed by atoms with E-state index in [0.29, 0.717) is 6.54 Å². The Hall–Kier alpha value is -0.810. The van der Waals surface area contributed by atoms with E-state index in [9.17, 15) is 4.79 Å². The van der Waals surface area contributed by atoms with Crippen LogP contribution in [0.25, 0.3) is 0 Å². The van der Waals surface area contributed by atoms with Gasteiger partial charge in [0.05, 0.1) is 23.2 Å². The van der Waals surface area contributed by atoms with Gasteiger partial charge < -0.3 is 9.52 Å². The van der Waals surface area contributed by atoms with Crippen molar-refractivity contribution in [3.8, 4) is 0 Å². The molecule has 0 aliphatic carbocycles. The molecular weight excluding hydrogens is 274 g/mol. The van der Waals surface area contributed by atoms with Crippen LogP contribution in [0, 0.1) is 5.92 Å². The van der Waals surface area contributed by atoms with Gasteiger partial charge in [-0.3, -0.25) is 9.69 Å². The van der Waals surface area contributed by atoms with Crippen LogP contribution < -0.4 is 0 Å². The third-order valence-corrected chi connectivity index (χ3v) is 3.95. The van der Waals surface area contributed by atoms with E-state index in [4.69, 9.17) is 9.52 Å². The molecule has 1 aromatic rings. The van der Waals surface area contributed by atoms with Gasteiger partial charge in [-0.1, -0.05) is 0 Å². The Morgan fingerprint density at radius 1 is 1.75 bits per heavy atom. The number of likely N-dealkylation sites (tertiary alicyclic amines) is 1. The Kier molecular flexibility index (Phi) is 3.35. The first-order valence-corrected chi connectivity index (χ1v) is 6.07. The van der Waals surface area contributed by atoms with Gasteiger partial charge in [-0.2, -0.15) is 0 Å².